The molecule has 3 heteroatoms. The second-order valence-electron chi connectivity index (χ2n) is 11.4. The van der Waals surface area contributed by atoms with Crippen LogP contribution in [0.25, 0.3) is 49.7 Å². The lowest BCUT2D eigenvalue weighted by Crippen LogP contribution is -2.15. The molecule has 0 atom stereocenters. The quantitative estimate of drug-likeness (QED) is 0.247. The summed E-state index contributed by atoms with van der Waals surface area (Å²) in [7, 11) is 0. The van der Waals surface area contributed by atoms with Gasteiger partial charge in [-0.3, -0.25) is 4.98 Å². The molecule has 0 spiro atoms. The number of benzene rings is 5. The summed E-state index contributed by atoms with van der Waals surface area (Å²) in [6.45, 7) is 4.66. The standard InChI is InChI=1S/C38H29N3/c1-38(2)34-21-25(26-9-8-20-39-24-26)14-17-30(34)31-18-15-28(23-35(31)38)40-27-16-19-37-33(22-27)32-12-6-7-13-36(32)41(37)29-10-4-3-5-11-29/h3-24,40H,1-2H3. The summed E-state index contributed by atoms with van der Waals surface area (Å²) in [6, 6.07) is 43.7. The third-order valence-electron chi connectivity index (χ3n) is 8.65. The zero-order chi connectivity index (χ0) is 27.6. The zero-order valence-electron chi connectivity index (χ0n) is 23.1. The van der Waals surface area contributed by atoms with Gasteiger partial charge in [0.2, 0.25) is 0 Å². The number of hydrogen-bond acceptors (Lipinski definition) is 2. The predicted octanol–water partition coefficient (Wildman–Crippen LogP) is 9.90. The molecule has 0 bridgehead atoms. The summed E-state index contributed by atoms with van der Waals surface area (Å²) in [5, 5.41) is 6.22. The Morgan fingerprint density at radius 2 is 1.29 bits per heavy atom. The van der Waals surface area contributed by atoms with Crippen LogP contribution in [-0.4, -0.2) is 9.55 Å². The van der Waals surface area contributed by atoms with Crippen LogP contribution >= 0.6 is 0 Å². The number of fused-ring (bicyclic) bond motifs is 6. The molecule has 41 heavy (non-hydrogen) atoms. The molecular weight excluding hydrogens is 498 g/mol. The largest absolute Gasteiger partial charge is 0.355 e. The molecule has 0 saturated carbocycles. The summed E-state index contributed by atoms with van der Waals surface area (Å²) in [5.74, 6) is 0. The molecule has 7 aromatic rings. The van der Waals surface area contributed by atoms with E-state index < -0.39 is 0 Å². The van der Waals surface area contributed by atoms with Crippen molar-refractivity contribution in [3.05, 3.63) is 145 Å². The first-order valence-electron chi connectivity index (χ1n) is 14.1. The molecule has 1 aliphatic carbocycles. The highest BCUT2D eigenvalue weighted by molar-refractivity contribution is 6.10. The van der Waals surface area contributed by atoms with Gasteiger partial charge in [-0.15, -0.1) is 0 Å². The Kier molecular flexibility index (Phi) is 5.17. The smallest absolute Gasteiger partial charge is 0.0542 e. The summed E-state index contributed by atoms with van der Waals surface area (Å²) < 4.78 is 2.35. The number of hydrogen-bond donors (Lipinski definition) is 1. The maximum atomic E-state index is 4.32. The summed E-state index contributed by atoms with van der Waals surface area (Å²) in [6.07, 6.45) is 3.76. The molecule has 0 fully saturated rings. The van der Waals surface area contributed by atoms with Gasteiger partial charge in [-0.25, -0.2) is 0 Å². The Hall–Kier alpha value is -5.15. The van der Waals surface area contributed by atoms with E-state index in [0.29, 0.717) is 0 Å². The summed E-state index contributed by atoms with van der Waals surface area (Å²) >= 11 is 0. The van der Waals surface area contributed by atoms with Crippen molar-refractivity contribution in [3.63, 3.8) is 0 Å². The van der Waals surface area contributed by atoms with Crippen molar-refractivity contribution >= 4 is 33.2 Å². The minimum atomic E-state index is -0.104. The van der Waals surface area contributed by atoms with Crippen molar-refractivity contribution in [2.45, 2.75) is 19.3 Å². The van der Waals surface area contributed by atoms with Crippen molar-refractivity contribution < 1.29 is 0 Å². The fraction of sp³-hybridized carbons (Fsp3) is 0.0789. The van der Waals surface area contributed by atoms with Gasteiger partial charge in [0.1, 0.15) is 0 Å². The van der Waals surface area contributed by atoms with Crippen molar-refractivity contribution in [1.82, 2.24) is 9.55 Å². The number of para-hydroxylation sites is 2. The highest BCUT2D eigenvalue weighted by Gasteiger charge is 2.35. The van der Waals surface area contributed by atoms with E-state index in [1.807, 2.05) is 18.5 Å². The summed E-state index contributed by atoms with van der Waals surface area (Å²) in [5.41, 5.74) is 13.4. The molecule has 5 aromatic carbocycles. The molecule has 0 aliphatic heterocycles. The maximum Gasteiger partial charge on any atom is 0.0542 e. The van der Waals surface area contributed by atoms with Gasteiger partial charge < -0.3 is 9.88 Å². The number of nitrogens with zero attached hydrogens (tertiary/aromatic N) is 2. The normalized spacial score (nSPS) is 13.3. The van der Waals surface area contributed by atoms with Crippen LogP contribution in [0, 0.1) is 0 Å². The molecule has 0 saturated heterocycles. The van der Waals surface area contributed by atoms with Crippen molar-refractivity contribution in [2.24, 2.45) is 0 Å². The molecule has 8 rings (SSSR count). The van der Waals surface area contributed by atoms with Crippen molar-refractivity contribution in [3.8, 4) is 27.9 Å². The first kappa shape index (κ1) is 23.7. The Bertz CT molecular complexity index is 2090. The van der Waals surface area contributed by atoms with Gasteiger partial charge in [0, 0.05) is 45.6 Å². The molecule has 2 heterocycles. The van der Waals surface area contributed by atoms with Gasteiger partial charge in [0.05, 0.1) is 11.0 Å². The van der Waals surface area contributed by atoms with Gasteiger partial charge in [0.15, 0.2) is 0 Å². The Balaban J connectivity index is 1.18. The maximum absolute atomic E-state index is 4.32. The number of rotatable bonds is 4. The molecule has 0 unspecified atom stereocenters. The second-order valence-corrected chi connectivity index (χ2v) is 11.4. The van der Waals surface area contributed by atoms with Crippen LogP contribution in [-0.2, 0) is 5.41 Å². The van der Waals surface area contributed by atoms with Crippen LogP contribution in [0.3, 0.4) is 0 Å². The van der Waals surface area contributed by atoms with Crippen LogP contribution in [0.1, 0.15) is 25.0 Å². The number of anilines is 2. The Morgan fingerprint density at radius 1 is 0.585 bits per heavy atom. The lowest BCUT2D eigenvalue weighted by atomic mass is 9.81. The topological polar surface area (TPSA) is 29.9 Å². The first-order chi connectivity index (χ1) is 20.1. The van der Waals surface area contributed by atoms with Gasteiger partial charge in [0.25, 0.3) is 0 Å². The van der Waals surface area contributed by atoms with Crippen LogP contribution < -0.4 is 5.32 Å². The van der Waals surface area contributed by atoms with Crippen LogP contribution in [0.4, 0.5) is 11.4 Å². The molecule has 196 valence electrons. The van der Waals surface area contributed by atoms with Crippen LogP contribution in [0.2, 0.25) is 0 Å². The van der Waals surface area contributed by atoms with Crippen LogP contribution in [0.5, 0.6) is 0 Å². The molecule has 2 aromatic heterocycles. The zero-order valence-corrected chi connectivity index (χ0v) is 23.1. The lowest BCUT2D eigenvalue weighted by Gasteiger charge is -2.22. The average Bonchev–Trinajstić information content (AvgIpc) is 3.46. The van der Waals surface area contributed by atoms with Gasteiger partial charge >= 0.3 is 0 Å². The Morgan fingerprint density at radius 3 is 2.12 bits per heavy atom. The minimum Gasteiger partial charge on any atom is -0.355 e. The molecule has 1 N–H and O–H groups in total. The molecular formula is C38H29N3. The fourth-order valence-corrected chi connectivity index (χ4v) is 6.60. The van der Waals surface area contributed by atoms with E-state index in [9.17, 15) is 0 Å². The third kappa shape index (κ3) is 3.70. The lowest BCUT2D eigenvalue weighted by molar-refractivity contribution is 0.661. The van der Waals surface area contributed by atoms with Crippen LogP contribution in [0.15, 0.2) is 134 Å². The van der Waals surface area contributed by atoms with E-state index in [1.165, 1.54) is 55.3 Å². The van der Waals surface area contributed by atoms with E-state index in [-0.39, 0.29) is 5.41 Å². The van der Waals surface area contributed by atoms with Gasteiger partial charge in [-0.1, -0.05) is 74.5 Å². The summed E-state index contributed by atoms with van der Waals surface area (Å²) in [4.78, 5) is 4.32. The van der Waals surface area contributed by atoms with E-state index >= 15 is 0 Å². The van der Waals surface area contributed by atoms with E-state index in [2.05, 4.69) is 144 Å². The van der Waals surface area contributed by atoms with E-state index in [1.54, 1.807) is 0 Å². The average molecular weight is 528 g/mol. The monoisotopic (exact) mass is 527 g/mol. The highest BCUT2D eigenvalue weighted by Crippen LogP contribution is 2.50. The molecule has 0 amide bonds. The molecule has 3 nitrogen and oxygen atoms in total. The van der Waals surface area contributed by atoms with Gasteiger partial charge in [-0.05, 0) is 94.0 Å². The first-order valence-corrected chi connectivity index (χ1v) is 14.1. The van der Waals surface area contributed by atoms with Crippen molar-refractivity contribution in [1.29, 1.82) is 0 Å². The highest BCUT2D eigenvalue weighted by atomic mass is 15.0. The van der Waals surface area contributed by atoms with E-state index in [4.69, 9.17) is 0 Å². The third-order valence-corrected chi connectivity index (χ3v) is 8.65. The fourth-order valence-electron chi connectivity index (χ4n) is 6.60. The SMILES string of the molecule is CC1(C)c2cc(Nc3ccc4c(c3)c3ccccc3n4-c3ccccc3)ccc2-c2ccc(-c3cccnc3)cc21. The van der Waals surface area contributed by atoms with Gasteiger partial charge in [-0.2, -0.15) is 0 Å². The minimum absolute atomic E-state index is 0.104. The Labute approximate surface area is 239 Å². The number of aromatic nitrogens is 2. The molecule has 0 radical (unpaired) electrons. The van der Waals surface area contributed by atoms with Crippen molar-refractivity contribution in [2.75, 3.05) is 5.32 Å². The van der Waals surface area contributed by atoms with E-state index in [0.717, 1.165) is 16.9 Å². The number of nitrogens with one attached hydrogen (secondary N) is 1. The second kappa shape index (κ2) is 8.94. The predicted molar refractivity (Wildman–Crippen MR) is 171 cm³/mol. The molecule has 1 aliphatic rings. The number of pyridine rings is 1.